The molecule has 1 unspecified atom stereocenters. The lowest BCUT2D eigenvalue weighted by Crippen LogP contribution is -2.18. The maximum atomic E-state index is 5.71. The molecule has 0 aliphatic heterocycles. The van der Waals surface area contributed by atoms with Crippen LogP contribution in [0.5, 0.6) is 0 Å². The number of hydrogen-bond donors (Lipinski definition) is 0. The molecular formula is C7H13Cl3S2. The highest BCUT2D eigenvalue weighted by atomic mass is 35.6. The first kappa shape index (κ1) is 13.6. The van der Waals surface area contributed by atoms with E-state index in [4.69, 9.17) is 34.8 Å². The third-order valence-electron chi connectivity index (χ3n) is 0.903. The molecule has 0 bridgehead atoms. The van der Waals surface area contributed by atoms with Gasteiger partial charge in [-0.1, -0.05) is 77.2 Å². The molecule has 0 heterocycles. The summed E-state index contributed by atoms with van der Waals surface area (Å²) in [7, 11) is 3.34. The molecule has 0 aromatic heterocycles. The Labute approximate surface area is 97.5 Å². The molecule has 12 heavy (non-hydrogen) atoms. The van der Waals surface area contributed by atoms with E-state index in [9.17, 15) is 0 Å². The average molecular weight is 268 g/mol. The first-order valence-electron chi connectivity index (χ1n) is 3.54. The molecule has 0 nitrogen and oxygen atoms in total. The molecular weight excluding hydrogens is 255 g/mol. The second-order valence-electron chi connectivity index (χ2n) is 3.48. The van der Waals surface area contributed by atoms with E-state index in [-0.39, 0.29) is 10.00 Å². The van der Waals surface area contributed by atoms with Gasteiger partial charge in [-0.25, -0.2) is 0 Å². The van der Waals surface area contributed by atoms with Gasteiger partial charge in [0.15, 0.2) is 0 Å². The standard InChI is InChI=1S/C7H13Cl3S2/c1-5(7(8,9)10)11-12-6(2,3)4/h5H,1-4H3. The van der Waals surface area contributed by atoms with Crippen molar-refractivity contribution in [2.75, 3.05) is 0 Å². The maximum Gasteiger partial charge on any atom is 0.202 e. The number of halogens is 3. The molecule has 0 aromatic carbocycles. The van der Waals surface area contributed by atoms with E-state index < -0.39 is 3.79 Å². The Hall–Kier alpha value is 1.57. The topological polar surface area (TPSA) is 0 Å². The zero-order valence-electron chi connectivity index (χ0n) is 7.53. The molecule has 0 saturated heterocycles. The minimum absolute atomic E-state index is 0.00623. The minimum atomic E-state index is -1.16. The Morgan fingerprint density at radius 1 is 1.08 bits per heavy atom. The van der Waals surface area contributed by atoms with Crippen LogP contribution in [0.15, 0.2) is 0 Å². The molecule has 0 radical (unpaired) electrons. The van der Waals surface area contributed by atoms with Crippen molar-refractivity contribution in [3.8, 4) is 0 Å². The minimum Gasteiger partial charge on any atom is -0.0877 e. The molecule has 0 aliphatic rings. The van der Waals surface area contributed by atoms with Crippen LogP contribution >= 0.6 is 56.4 Å². The maximum absolute atomic E-state index is 5.71. The lowest BCUT2D eigenvalue weighted by atomic mass is 10.3. The van der Waals surface area contributed by atoms with E-state index in [1.165, 1.54) is 0 Å². The number of hydrogen-bond acceptors (Lipinski definition) is 2. The first-order chi connectivity index (χ1) is 5.13. The number of alkyl halides is 3. The van der Waals surface area contributed by atoms with Crippen LogP contribution in [0, 0.1) is 0 Å². The quantitative estimate of drug-likeness (QED) is 0.514. The average Bonchev–Trinajstić information content (AvgIpc) is 1.78. The van der Waals surface area contributed by atoms with E-state index in [0.29, 0.717) is 0 Å². The Balaban J connectivity index is 3.80. The van der Waals surface area contributed by atoms with Gasteiger partial charge in [-0.05, 0) is 6.92 Å². The van der Waals surface area contributed by atoms with Gasteiger partial charge in [0, 0.05) is 4.75 Å². The second-order valence-corrected chi connectivity index (χ2v) is 9.21. The highest BCUT2D eigenvalue weighted by Crippen LogP contribution is 2.46. The van der Waals surface area contributed by atoms with Crippen LogP contribution in [-0.4, -0.2) is 13.8 Å². The van der Waals surface area contributed by atoms with Crippen molar-refractivity contribution in [2.24, 2.45) is 0 Å². The Bertz CT molecular complexity index is 137. The highest BCUT2D eigenvalue weighted by molar-refractivity contribution is 8.77. The summed E-state index contributed by atoms with van der Waals surface area (Å²) in [5.41, 5.74) is 0. The van der Waals surface area contributed by atoms with E-state index in [1.807, 2.05) is 6.92 Å². The van der Waals surface area contributed by atoms with Gasteiger partial charge in [-0.2, -0.15) is 0 Å². The normalized spacial score (nSPS) is 16.2. The predicted octanol–water partition coefficient (Wildman–Crippen LogP) is 4.93. The highest BCUT2D eigenvalue weighted by Gasteiger charge is 2.30. The lowest BCUT2D eigenvalue weighted by Gasteiger charge is -2.23. The summed E-state index contributed by atoms with van der Waals surface area (Å²) >= 11 is 17.1. The van der Waals surface area contributed by atoms with Gasteiger partial charge in [-0.3, -0.25) is 0 Å². The fourth-order valence-corrected chi connectivity index (χ4v) is 3.42. The van der Waals surface area contributed by atoms with Crippen molar-refractivity contribution in [1.82, 2.24) is 0 Å². The molecule has 0 saturated carbocycles. The molecule has 0 spiro atoms. The van der Waals surface area contributed by atoms with Crippen LogP contribution in [0.4, 0.5) is 0 Å². The molecule has 0 amide bonds. The third kappa shape index (κ3) is 7.02. The molecule has 0 fully saturated rings. The van der Waals surface area contributed by atoms with Gasteiger partial charge in [0.05, 0.1) is 5.25 Å². The van der Waals surface area contributed by atoms with Gasteiger partial charge in [0.25, 0.3) is 0 Å². The monoisotopic (exact) mass is 266 g/mol. The van der Waals surface area contributed by atoms with Gasteiger partial charge in [0.1, 0.15) is 0 Å². The molecule has 74 valence electrons. The van der Waals surface area contributed by atoms with Crippen molar-refractivity contribution in [3.05, 3.63) is 0 Å². The summed E-state index contributed by atoms with van der Waals surface area (Å²) in [5, 5.41) is 0.00623. The van der Waals surface area contributed by atoms with Gasteiger partial charge in [-0.15, -0.1) is 0 Å². The summed E-state index contributed by atoms with van der Waals surface area (Å²) in [6, 6.07) is 0. The van der Waals surface area contributed by atoms with E-state index >= 15 is 0 Å². The van der Waals surface area contributed by atoms with Gasteiger partial charge in [0.2, 0.25) is 3.79 Å². The molecule has 1 atom stereocenters. The summed E-state index contributed by atoms with van der Waals surface area (Å²) in [4.78, 5) is 0. The molecule has 0 aromatic rings. The summed E-state index contributed by atoms with van der Waals surface area (Å²) in [5.74, 6) is 0. The zero-order chi connectivity index (χ0) is 9.99. The zero-order valence-corrected chi connectivity index (χ0v) is 11.4. The van der Waals surface area contributed by atoms with Crippen LogP contribution in [0.2, 0.25) is 0 Å². The fraction of sp³-hybridized carbons (Fsp3) is 1.00. The van der Waals surface area contributed by atoms with Crippen LogP contribution in [0.1, 0.15) is 27.7 Å². The van der Waals surface area contributed by atoms with Crippen molar-refractivity contribution in [3.63, 3.8) is 0 Å². The van der Waals surface area contributed by atoms with E-state index in [1.54, 1.807) is 21.6 Å². The van der Waals surface area contributed by atoms with E-state index in [2.05, 4.69) is 20.8 Å². The third-order valence-corrected chi connectivity index (χ3v) is 6.17. The van der Waals surface area contributed by atoms with Crippen LogP contribution < -0.4 is 0 Å². The smallest absolute Gasteiger partial charge is 0.0877 e. The Morgan fingerprint density at radius 2 is 1.50 bits per heavy atom. The summed E-state index contributed by atoms with van der Waals surface area (Å²) in [6.07, 6.45) is 0. The Kier molecular flexibility index (Phi) is 5.52. The fourth-order valence-electron chi connectivity index (χ4n) is 0.271. The van der Waals surface area contributed by atoms with Crippen LogP contribution in [0.25, 0.3) is 0 Å². The first-order valence-corrected chi connectivity index (χ1v) is 6.89. The van der Waals surface area contributed by atoms with Gasteiger partial charge >= 0.3 is 0 Å². The van der Waals surface area contributed by atoms with E-state index in [0.717, 1.165) is 0 Å². The SMILES string of the molecule is CC(SSC(C)(C)C)C(Cl)(Cl)Cl. The van der Waals surface area contributed by atoms with Gasteiger partial charge < -0.3 is 0 Å². The summed E-state index contributed by atoms with van der Waals surface area (Å²) in [6.45, 7) is 8.32. The second kappa shape index (κ2) is 4.88. The van der Waals surface area contributed by atoms with Crippen LogP contribution in [0.3, 0.4) is 0 Å². The Morgan fingerprint density at radius 3 is 1.75 bits per heavy atom. The molecule has 0 rings (SSSR count). The summed E-state index contributed by atoms with van der Waals surface area (Å²) < 4.78 is -0.961. The van der Waals surface area contributed by atoms with Crippen molar-refractivity contribution >= 4 is 56.4 Å². The van der Waals surface area contributed by atoms with Crippen molar-refractivity contribution in [1.29, 1.82) is 0 Å². The predicted molar refractivity (Wildman–Crippen MR) is 64.7 cm³/mol. The van der Waals surface area contributed by atoms with Crippen molar-refractivity contribution < 1.29 is 0 Å². The largest absolute Gasteiger partial charge is 0.202 e. The molecule has 0 aliphatic carbocycles. The van der Waals surface area contributed by atoms with Crippen LogP contribution in [-0.2, 0) is 0 Å². The molecule has 5 heteroatoms. The molecule has 0 N–H and O–H groups in total. The number of rotatable bonds is 2. The van der Waals surface area contributed by atoms with Crippen molar-refractivity contribution in [2.45, 2.75) is 41.5 Å². The lowest BCUT2D eigenvalue weighted by molar-refractivity contribution is 0.810.